The van der Waals surface area contributed by atoms with Crippen LogP contribution in [0.4, 0.5) is 5.82 Å². The van der Waals surface area contributed by atoms with E-state index in [4.69, 9.17) is 10.5 Å². The van der Waals surface area contributed by atoms with Crippen molar-refractivity contribution in [2.24, 2.45) is 0 Å². The lowest BCUT2D eigenvalue weighted by Crippen LogP contribution is -2.07. The highest BCUT2D eigenvalue weighted by atomic mass is 16.5. The Kier molecular flexibility index (Phi) is 4.75. The largest absolute Gasteiger partial charge is 0.388 e. The number of anilines is 1. The van der Waals surface area contributed by atoms with Gasteiger partial charge in [0.05, 0.1) is 11.0 Å². The average molecular weight is 362 g/mol. The van der Waals surface area contributed by atoms with Gasteiger partial charge in [-0.15, -0.1) is 0 Å². The molecule has 0 aliphatic rings. The standard InChI is InChI=1S/C21H22N4O2/c1-2-27-13-25-17(12-26)23-19-20(25)16-10-6-9-15(18(16)24-21(19)22)11-14-7-4-3-5-8-14/h3-10,26H,2,11-13H2,1H3,(H2,22,24). The van der Waals surface area contributed by atoms with Crippen LogP contribution in [0.15, 0.2) is 48.5 Å². The van der Waals surface area contributed by atoms with Crippen molar-refractivity contribution < 1.29 is 9.84 Å². The van der Waals surface area contributed by atoms with Gasteiger partial charge in [-0.1, -0.05) is 48.5 Å². The normalized spacial score (nSPS) is 11.5. The van der Waals surface area contributed by atoms with Crippen molar-refractivity contribution in [1.82, 2.24) is 14.5 Å². The van der Waals surface area contributed by atoms with Crippen LogP contribution < -0.4 is 5.73 Å². The summed E-state index contributed by atoms with van der Waals surface area (Å²) in [5, 5.41) is 10.7. The summed E-state index contributed by atoms with van der Waals surface area (Å²) in [6, 6.07) is 16.4. The van der Waals surface area contributed by atoms with E-state index >= 15 is 0 Å². The highest BCUT2D eigenvalue weighted by Gasteiger charge is 2.18. The molecule has 4 aromatic rings. The molecule has 0 aliphatic carbocycles. The molecule has 6 nitrogen and oxygen atoms in total. The molecule has 27 heavy (non-hydrogen) atoms. The number of hydrogen-bond donors (Lipinski definition) is 2. The molecule has 0 fully saturated rings. The van der Waals surface area contributed by atoms with Crippen molar-refractivity contribution in [3.8, 4) is 0 Å². The molecular weight excluding hydrogens is 340 g/mol. The third-order valence-corrected chi connectivity index (χ3v) is 4.70. The number of para-hydroxylation sites is 1. The Balaban J connectivity index is 1.95. The number of imidazole rings is 1. The first kappa shape index (κ1) is 17.5. The van der Waals surface area contributed by atoms with Crippen LogP contribution in [0.25, 0.3) is 21.9 Å². The van der Waals surface area contributed by atoms with E-state index in [0.29, 0.717) is 30.5 Å². The molecule has 0 bridgehead atoms. The topological polar surface area (TPSA) is 86.2 Å². The second-order valence-electron chi connectivity index (χ2n) is 6.41. The maximum atomic E-state index is 9.73. The Hall–Kier alpha value is -2.96. The van der Waals surface area contributed by atoms with Crippen molar-refractivity contribution in [3.05, 3.63) is 65.5 Å². The summed E-state index contributed by atoms with van der Waals surface area (Å²) in [4.78, 5) is 9.14. The van der Waals surface area contributed by atoms with Gasteiger partial charge in [-0.25, -0.2) is 9.97 Å². The van der Waals surface area contributed by atoms with Gasteiger partial charge in [0.2, 0.25) is 0 Å². The fraction of sp³-hybridized carbons (Fsp3) is 0.238. The molecule has 0 aliphatic heterocycles. The summed E-state index contributed by atoms with van der Waals surface area (Å²) in [7, 11) is 0. The molecule has 138 valence electrons. The Labute approximate surface area is 157 Å². The molecule has 0 saturated heterocycles. The van der Waals surface area contributed by atoms with Gasteiger partial charge in [0.15, 0.2) is 5.82 Å². The summed E-state index contributed by atoms with van der Waals surface area (Å²) in [6.07, 6.45) is 0.766. The first-order chi connectivity index (χ1) is 13.2. The van der Waals surface area contributed by atoms with Crippen molar-refractivity contribution in [1.29, 1.82) is 0 Å². The van der Waals surface area contributed by atoms with E-state index in [-0.39, 0.29) is 6.61 Å². The molecule has 4 rings (SSSR count). The second-order valence-corrected chi connectivity index (χ2v) is 6.41. The molecule has 0 atom stereocenters. The van der Waals surface area contributed by atoms with Crippen molar-refractivity contribution in [2.75, 3.05) is 12.3 Å². The lowest BCUT2D eigenvalue weighted by atomic mass is 10.0. The fourth-order valence-electron chi connectivity index (χ4n) is 3.44. The van der Waals surface area contributed by atoms with Crippen LogP contribution in [0, 0.1) is 0 Å². The second kappa shape index (κ2) is 7.34. The van der Waals surface area contributed by atoms with E-state index in [1.807, 2.05) is 41.8 Å². The number of aromatic nitrogens is 3. The molecule has 2 heterocycles. The van der Waals surface area contributed by atoms with Gasteiger partial charge >= 0.3 is 0 Å². The number of nitrogens with two attached hydrogens (primary N) is 1. The van der Waals surface area contributed by atoms with E-state index in [9.17, 15) is 5.11 Å². The third kappa shape index (κ3) is 3.13. The number of hydrogen-bond acceptors (Lipinski definition) is 5. The summed E-state index contributed by atoms with van der Waals surface area (Å²) >= 11 is 0. The number of pyridine rings is 1. The SMILES string of the molecule is CCOCn1c(CO)nc2c(N)nc3c(Cc4ccccc4)cccc3c21. The first-order valence-corrected chi connectivity index (χ1v) is 9.01. The third-order valence-electron chi connectivity index (χ3n) is 4.70. The Morgan fingerprint density at radius 2 is 1.85 bits per heavy atom. The van der Waals surface area contributed by atoms with Gasteiger partial charge < -0.3 is 20.1 Å². The van der Waals surface area contributed by atoms with Crippen molar-refractivity contribution >= 4 is 27.8 Å². The highest BCUT2D eigenvalue weighted by Crippen LogP contribution is 2.31. The maximum Gasteiger partial charge on any atom is 0.152 e. The monoisotopic (exact) mass is 362 g/mol. The summed E-state index contributed by atoms with van der Waals surface area (Å²) < 4.78 is 7.47. The zero-order valence-corrected chi connectivity index (χ0v) is 15.2. The molecule has 0 saturated carbocycles. The van der Waals surface area contributed by atoms with Gasteiger partial charge in [0, 0.05) is 12.0 Å². The Bertz CT molecular complexity index is 1090. The van der Waals surface area contributed by atoms with Crippen LogP contribution in [-0.2, 0) is 24.5 Å². The minimum Gasteiger partial charge on any atom is -0.388 e. The number of rotatable bonds is 6. The molecule has 2 aromatic carbocycles. The number of ether oxygens (including phenoxy) is 1. The van der Waals surface area contributed by atoms with Gasteiger partial charge in [-0.3, -0.25) is 0 Å². The Morgan fingerprint density at radius 3 is 2.59 bits per heavy atom. The highest BCUT2D eigenvalue weighted by molar-refractivity contribution is 6.07. The van der Waals surface area contributed by atoms with E-state index in [1.54, 1.807) is 0 Å². The molecule has 0 radical (unpaired) electrons. The maximum absolute atomic E-state index is 9.73. The molecule has 0 unspecified atom stereocenters. The van der Waals surface area contributed by atoms with Crippen LogP contribution in [0.2, 0.25) is 0 Å². The predicted molar refractivity (Wildman–Crippen MR) is 106 cm³/mol. The first-order valence-electron chi connectivity index (χ1n) is 9.01. The molecule has 0 amide bonds. The Morgan fingerprint density at radius 1 is 1.04 bits per heavy atom. The number of nitrogens with zero attached hydrogens (tertiary/aromatic N) is 3. The van der Waals surface area contributed by atoms with Crippen molar-refractivity contribution in [3.63, 3.8) is 0 Å². The summed E-state index contributed by atoms with van der Waals surface area (Å²) in [6.45, 7) is 2.63. The fourth-order valence-corrected chi connectivity index (χ4v) is 3.44. The molecule has 0 spiro atoms. The minimum atomic E-state index is -0.188. The predicted octanol–water partition coefficient (Wildman–Crippen LogP) is 3.24. The number of benzene rings is 2. The summed E-state index contributed by atoms with van der Waals surface area (Å²) in [5.74, 6) is 0.885. The number of nitrogen functional groups attached to an aromatic ring is 1. The number of aliphatic hydroxyl groups is 1. The van der Waals surface area contributed by atoms with Gasteiger partial charge in [-0.05, 0) is 24.5 Å². The molecule has 2 aromatic heterocycles. The van der Waals surface area contributed by atoms with Crippen LogP contribution in [0.3, 0.4) is 0 Å². The lowest BCUT2D eigenvalue weighted by Gasteiger charge is -2.12. The van der Waals surface area contributed by atoms with E-state index in [0.717, 1.165) is 28.4 Å². The van der Waals surface area contributed by atoms with Crippen molar-refractivity contribution in [2.45, 2.75) is 26.7 Å². The van der Waals surface area contributed by atoms with Crippen LogP contribution in [0.1, 0.15) is 23.9 Å². The average Bonchev–Trinajstić information content (AvgIpc) is 3.07. The smallest absolute Gasteiger partial charge is 0.152 e. The minimum absolute atomic E-state index is 0.188. The number of aliphatic hydroxyl groups excluding tert-OH is 1. The zero-order chi connectivity index (χ0) is 18.8. The lowest BCUT2D eigenvalue weighted by molar-refractivity contribution is 0.0852. The molecule has 6 heteroatoms. The quantitative estimate of drug-likeness (QED) is 0.550. The van der Waals surface area contributed by atoms with Gasteiger partial charge in [-0.2, -0.15) is 0 Å². The van der Waals surface area contributed by atoms with Crippen LogP contribution in [-0.4, -0.2) is 26.2 Å². The number of fused-ring (bicyclic) bond motifs is 3. The molecular formula is C21H22N4O2. The van der Waals surface area contributed by atoms with E-state index in [1.165, 1.54) is 5.56 Å². The molecule has 3 N–H and O–H groups in total. The van der Waals surface area contributed by atoms with Crippen LogP contribution in [0.5, 0.6) is 0 Å². The van der Waals surface area contributed by atoms with E-state index < -0.39 is 0 Å². The van der Waals surface area contributed by atoms with Gasteiger partial charge in [0.25, 0.3) is 0 Å². The van der Waals surface area contributed by atoms with E-state index in [2.05, 4.69) is 28.2 Å². The van der Waals surface area contributed by atoms with Crippen LogP contribution >= 0.6 is 0 Å². The zero-order valence-electron chi connectivity index (χ0n) is 15.2. The van der Waals surface area contributed by atoms with Gasteiger partial charge in [0.1, 0.15) is 24.7 Å². The summed E-state index contributed by atoms with van der Waals surface area (Å²) in [5.41, 5.74) is 10.9.